The number of halogens is 4. The van der Waals surface area contributed by atoms with Crippen LogP contribution in [0.2, 0.25) is 5.02 Å². The third-order valence-electron chi connectivity index (χ3n) is 5.34. The summed E-state index contributed by atoms with van der Waals surface area (Å²) in [5.41, 5.74) is -0.197. The summed E-state index contributed by atoms with van der Waals surface area (Å²) in [5.74, 6) is -1.14. The third kappa shape index (κ3) is 11.5. The Morgan fingerprint density at radius 1 is 1.18 bits per heavy atom. The molecule has 0 atom stereocenters. The monoisotopic (exact) mass is 607 g/mol. The zero-order chi connectivity index (χ0) is 30.1. The van der Waals surface area contributed by atoms with E-state index in [-0.39, 0.29) is 30.2 Å². The van der Waals surface area contributed by atoms with Crippen molar-refractivity contribution in [1.29, 1.82) is 0 Å². The number of aromatic nitrogens is 2. The Morgan fingerprint density at radius 2 is 1.80 bits per heavy atom. The van der Waals surface area contributed by atoms with E-state index >= 15 is 0 Å². The molecule has 0 saturated carbocycles. The van der Waals surface area contributed by atoms with Crippen molar-refractivity contribution in [3.8, 4) is 17.2 Å². The molecule has 0 aliphatic heterocycles. The van der Waals surface area contributed by atoms with Crippen molar-refractivity contribution in [2.75, 3.05) is 26.4 Å². The summed E-state index contributed by atoms with van der Waals surface area (Å²) in [4.78, 5) is 26.8. The number of hydrogen-bond acceptors (Lipinski definition) is 8. The molecular weight excluding hydrogens is 579 g/mol. The quantitative estimate of drug-likeness (QED) is 0.150. The average molecular weight is 608 g/mol. The predicted molar refractivity (Wildman–Crippen MR) is 142 cm³/mol. The van der Waals surface area contributed by atoms with Crippen LogP contribution in [0.4, 0.5) is 13.2 Å². The minimum absolute atomic E-state index is 0.118. The average Bonchev–Trinajstić information content (AvgIpc) is 3.22. The van der Waals surface area contributed by atoms with Crippen LogP contribution in [0, 0.1) is 0 Å². The Morgan fingerprint density at radius 3 is 2.38 bits per heavy atom. The van der Waals surface area contributed by atoms with Crippen LogP contribution in [-0.4, -0.2) is 60.0 Å². The van der Waals surface area contributed by atoms with Crippen LogP contribution in [-0.2, 0) is 27.6 Å². The van der Waals surface area contributed by atoms with Gasteiger partial charge >= 0.3 is 17.9 Å². The standard InChI is InChI=1S/C24H25ClF3N3O4.CH4O3S/c1-3-30(2)13-5-4-6-21(32)34-20-12-11-19(25)14-17(20)15-31-23(33)35-22(29-31)16-7-9-18(10-8-16)24(26,27)28;1-5(2,3)4/h7-12,14H,3-6,13,15H2,1-2H3;1H3,(H,2,3,4). The van der Waals surface area contributed by atoms with Crippen molar-refractivity contribution in [1.82, 2.24) is 14.7 Å². The Bertz CT molecular complexity index is 1430. The van der Waals surface area contributed by atoms with E-state index in [2.05, 4.69) is 16.9 Å². The summed E-state index contributed by atoms with van der Waals surface area (Å²) in [6, 6.07) is 8.73. The summed E-state index contributed by atoms with van der Waals surface area (Å²) >= 11 is 6.09. The number of alkyl halides is 3. The summed E-state index contributed by atoms with van der Waals surface area (Å²) in [6.07, 6.45) is -2.00. The summed E-state index contributed by atoms with van der Waals surface area (Å²) in [7, 11) is -1.66. The van der Waals surface area contributed by atoms with Gasteiger partial charge in [0.1, 0.15) is 5.75 Å². The maximum atomic E-state index is 12.8. The maximum Gasteiger partial charge on any atom is 0.437 e. The molecule has 0 aliphatic rings. The van der Waals surface area contributed by atoms with Crippen molar-refractivity contribution in [2.24, 2.45) is 0 Å². The first-order chi connectivity index (χ1) is 18.6. The van der Waals surface area contributed by atoms with E-state index in [1.54, 1.807) is 12.1 Å². The van der Waals surface area contributed by atoms with E-state index < -0.39 is 33.6 Å². The second kappa shape index (κ2) is 14.4. The Hall–Kier alpha value is -3.20. The molecule has 10 nitrogen and oxygen atoms in total. The van der Waals surface area contributed by atoms with Crippen LogP contribution < -0.4 is 10.5 Å². The first kappa shape index (κ1) is 33.0. The first-order valence-corrected chi connectivity index (χ1v) is 14.1. The largest absolute Gasteiger partial charge is 0.437 e. The highest BCUT2D eigenvalue weighted by Gasteiger charge is 2.30. The highest BCUT2D eigenvalue weighted by Crippen LogP contribution is 2.30. The maximum absolute atomic E-state index is 12.8. The molecule has 1 heterocycles. The van der Waals surface area contributed by atoms with Gasteiger partial charge in [-0.1, -0.05) is 18.5 Å². The molecule has 0 saturated heterocycles. The topological polar surface area (TPSA) is 132 Å². The fourth-order valence-corrected chi connectivity index (χ4v) is 3.43. The molecular formula is C25H29ClF3N3O7S. The molecule has 0 aliphatic carbocycles. The lowest BCUT2D eigenvalue weighted by atomic mass is 10.1. The van der Waals surface area contributed by atoms with E-state index in [0.29, 0.717) is 23.3 Å². The van der Waals surface area contributed by atoms with Gasteiger partial charge in [0.15, 0.2) is 0 Å². The smallest absolute Gasteiger partial charge is 0.426 e. The highest BCUT2D eigenvalue weighted by atomic mass is 35.5. The van der Waals surface area contributed by atoms with E-state index in [4.69, 9.17) is 25.3 Å². The molecule has 1 N–H and O–H groups in total. The van der Waals surface area contributed by atoms with Crippen molar-refractivity contribution in [3.05, 3.63) is 69.2 Å². The number of esters is 1. The molecule has 0 spiro atoms. The van der Waals surface area contributed by atoms with E-state index in [0.717, 1.165) is 36.3 Å². The number of unbranched alkanes of at least 4 members (excludes halogenated alkanes) is 1. The molecule has 0 bridgehead atoms. The number of carbonyl (C=O) groups is 1. The normalized spacial score (nSPS) is 11.7. The molecule has 220 valence electrons. The van der Waals surface area contributed by atoms with Crippen LogP contribution in [0.1, 0.15) is 37.3 Å². The number of benzene rings is 2. The minimum atomic E-state index is -4.48. The molecule has 1 aromatic heterocycles. The second-order valence-electron chi connectivity index (χ2n) is 8.72. The van der Waals surface area contributed by atoms with Gasteiger partial charge in [-0.2, -0.15) is 26.3 Å². The van der Waals surface area contributed by atoms with Gasteiger partial charge in [-0.3, -0.25) is 9.35 Å². The number of hydrogen-bond donors (Lipinski definition) is 1. The van der Waals surface area contributed by atoms with Gasteiger partial charge < -0.3 is 14.1 Å². The fourth-order valence-electron chi connectivity index (χ4n) is 3.24. The van der Waals surface area contributed by atoms with Crippen LogP contribution in [0.5, 0.6) is 5.75 Å². The number of nitrogens with zero attached hydrogens (tertiary/aromatic N) is 3. The zero-order valence-electron chi connectivity index (χ0n) is 21.9. The molecule has 0 unspecified atom stereocenters. The predicted octanol–water partition coefficient (Wildman–Crippen LogP) is 4.76. The molecule has 2 aromatic carbocycles. The molecule has 40 heavy (non-hydrogen) atoms. The van der Waals surface area contributed by atoms with Gasteiger partial charge in [-0.25, -0.2) is 4.79 Å². The van der Waals surface area contributed by atoms with Gasteiger partial charge in [-0.15, -0.1) is 5.10 Å². The number of ether oxygens (including phenoxy) is 1. The summed E-state index contributed by atoms with van der Waals surface area (Å²) < 4.78 is 75.8. The van der Waals surface area contributed by atoms with Crippen LogP contribution in [0.3, 0.4) is 0 Å². The number of carbonyl (C=O) groups excluding carboxylic acids is 1. The number of rotatable bonds is 10. The molecule has 0 fully saturated rings. The molecule has 15 heteroatoms. The lowest BCUT2D eigenvalue weighted by Gasteiger charge is -2.13. The highest BCUT2D eigenvalue weighted by molar-refractivity contribution is 7.85. The minimum Gasteiger partial charge on any atom is -0.426 e. The summed E-state index contributed by atoms with van der Waals surface area (Å²) in [5, 5.41) is 4.43. The van der Waals surface area contributed by atoms with Crippen molar-refractivity contribution >= 4 is 27.7 Å². The van der Waals surface area contributed by atoms with Crippen molar-refractivity contribution < 1.29 is 40.1 Å². The Balaban J connectivity index is 0.00000103. The van der Waals surface area contributed by atoms with Gasteiger partial charge in [0.05, 0.1) is 18.4 Å². The van der Waals surface area contributed by atoms with Gasteiger partial charge in [0.25, 0.3) is 10.1 Å². The first-order valence-electron chi connectivity index (χ1n) is 11.9. The van der Waals surface area contributed by atoms with Gasteiger partial charge in [-0.05, 0) is 75.4 Å². The van der Waals surface area contributed by atoms with Gasteiger partial charge in [0, 0.05) is 22.6 Å². The van der Waals surface area contributed by atoms with E-state index in [1.165, 1.54) is 18.2 Å². The lowest BCUT2D eigenvalue weighted by Crippen LogP contribution is -2.19. The SMILES string of the molecule is CCN(C)CCCCC(=O)Oc1ccc(Cl)cc1Cn1nc(-c2ccc(C(F)(F)F)cc2)oc1=O.CS(=O)(=O)O. The van der Waals surface area contributed by atoms with Crippen LogP contribution >= 0.6 is 11.6 Å². The second-order valence-corrected chi connectivity index (χ2v) is 10.6. The van der Waals surface area contributed by atoms with Crippen molar-refractivity contribution in [2.45, 2.75) is 38.9 Å². The molecule has 3 aromatic rings. The lowest BCUT2D eigenvalue weighted by molar-refractivity contribution is -0.137. The molecule has 3 rings (SSSR count). The van der Waals surface area contributed by atoms with E-state index in [1.807, 2.05) is 7.05 Å². The zero-order valence-corrected chi connectivity index (χ0v) is 23.5. The van der Waals surface area contributed by atoms with Crippen molar-refractivity contribution in [3.63, 3.8) is 0 Å². The fraction of sp³-hybridized carbons (Fsp3) is 0.400. The molecule has 0 radical (unpaired) electrons. The third-order valence-corrected chi connectivity index (χ3v) is 5.58. The van der Waals surface area contributed by atoms with Crippen LogP contribution in [0.15, 0.2) is 51.7 Å². The summed E-state index contributed by atoms with van der Waals surface area (Å²) in [6.45, 7) is 3.75. The van der Waals surface area contributed by atoms with Crippen LogP contribution in [0.25, 0.3) is 11.5 Å². The van der Waals surface area contributed by atoms with Gasteiger partial charge in [0.2, 0.25) is 5.89 Å². The Labute approximate surface area is 234 Å². The molecule has 0 amide bonds. The van der Waals surface area contributed by atoms with E-state index in [9.17, 15) is 31.2 Å². The Kier molecular flexibility index (Phi) is 11.9.